The summed E-state index contributed by atoms with van der Waals surface area (Å²) in [5.41, 5.74) is 1.22. The summed E-state index contributed by atoms with van der Waals surface area (Å²) < 4.78 is 3.48. The molecule has 0 aliphatic rings. The molecule has 0 aliphatic carbocycles. The second-order valence-electron chi connectivity index (χ2n) is 5.51. The Labute approximate surface area is 165 Å². The lowest BCUT2D eigenvalue weighted by Gasteiger charge is -2.10. The van der Waals surface area contributed by atoms with Gasteiger partial charge in [0.05, 0.1) is 22.2 Å². The van der Waals surface area contributed by atoms with Crippen LogP contribution in [0.15, 0.2) is 59.1 Å². The molecule has 0 saturated carbocycles. The molecule has 2 heterocycles. The van der Waals surface area contributed by atoms with E-state index >= 15 is 0 Å². The van der Waals surface area contributed by atoms with Crippen molar-refractivity contribution in [3.63, 3.8) is 0 Å². The first-order valence-electron chi connectivity index (χ1n) is 7.77. The van der Waals surface area contributed by atoms with E-state index in [4.69, 9.17) is 23.2 Å². The van der Waals surface area contributed by atoms with E-state index in [9.17, 15) is 4.79 Å². The van der Waals surface area contributed by atoms with Crippen molar-refractivity contribution >= 4 is 35.0 Å². The van der Waals surface area contributed by atoms with Gasteiger partial charge in [-0.3, -0.25) is 9.36 Å². The van der Waals surface area contributed by atoms with E-state index in [2.05, 4.69) is 16.8 Å². The van der Waals surface area contributed by atoms with Crippen LogP contribution in [0.1, 0.15) is 5.56 Å². The van der Waals surface area contributed by atoms with E-state index in [1.54, 1.807) is 35.0 Å². The van der Waals surface area contributed by atoms with Crippen LogP contribution in [0, 0.1) is 0 Å². The molecule has 0 bridgehead atoms. The average molecular weight is 407 g/mol. The van der Waals surface area contributed by atoms with Gasteiger partial charge in [-0.05, 0) is 36.1 Å². The summed E-state index contributed by atoms with van der Waals surface area (Å²) in [5, 5.41) is 10.0. The molecule has 3 rings (SSSR count). The maximum absolute atomic E-state index is 13.0. The third kappa shape index (κ3) is 3.72. The zero-order valence-corrected chi connectivity index (χ0v) is 16.4. The number of nitrogens with zero attached hydrogens (tertiary/aromatic N) is 4. The molecule has 5 nitrogen and oxygen atoms in total. The monoisotopic (exact) mass is 406 g/mol. The summed E-state index contributed by atoms with van der Waals surface area (Å²) >= 11 is 13.5. The lowest BCUT2D eigenvalue weighted by molar-refractivity contribution is 0.725. The molecule has 0 amide bonds. The number of halogens is 2. The second kappa shape index (κ2) is 8.12. The highest BCUT2D eigenvalue weighted by molar-refractivity contribution is 7.98. The molecule has 0 atom stereocenters. The van der Waals surface area contributed by atoms with Gasteiger partial charge < -0.3 is 4.57 Å². The van der Waals surface area contributed by atoms with Gasteiger partial charge in [-0.15, -0.1) is 16.8 Å². The van der Waals surface area contributed by atoms with Crippen molar-refractivity contribution in [2.45, 2.75) is 18.2 Å². The van der Waals surface area contributed by atoms with E-state index in [0.29, 0.717) is 34.5 Å². The van der Waals surface area contributed by atoms with Gasteiger partial charge in [-0.2, -0.15) is 0 Å². The Kier molecular flexibility index (Phi) is 5.86. The summed E-state index contributed by atoms with van der Waals surface area (Å²) in [7, 11) is 0. The Morgan fingerprint density at radius 1 is 1.23 bits per heavy atom. The number of hydrogen-bond donors (Lipinski definition) is 0. The van der Waals surface area contributed by atoms with Gasteiger partial charge in [0.2, 0.25) is 0 Å². The maximum Gasteiger partial charge on any atom is 0.261 e. The molecule has 0 radical (unpaired) electrons. The number of allylic oxidation sites excluding steroid dienone is 1. The van der Waals surface area contributed by atoms with Crippen LogP contribution in [0.4, 0.5) is 0 Å². The van der Waals surface area contributed by atoms with Crippen LogP contribution in [-0.4, -0.2) is 25.6 Å². The minimum atomic E-state index is -0.149. The average Bonchev–Trinajstić information content (AvgIpc) is 3.03. The molecular formula is C18H16Cl2N4OS. The molecule has 1 aromatic carbocycles. The predicted molar refractivity (Wildman–Crippen MR) is 107 cm³/mol. The largest absolute Gasteiger partial charge is 0.310 e. The molecule has 3 aromatic rings. The molecule has 8 heteroatoms. The van der Waals surface area contributed by atoms with Crippen molar-refractivity contribution in [1.29, 1.82) is 0 Å². The van der Waals surface area contributed by atoms with Crippen molar-refractivity contribution in [3.8, 4) is 11.4 Å². The number of benzene rings is 1. The molecule has 0 aliphatic heterocycles. The fourth-order valence-electron chi connectivity index (χ4n) is 2.60. The van der Waals surface area contributed by atoms with E-state index in [-0.39, 0.29) is 5.56 Å². The number of hydrogen-bond acceptors (Lipinski definition) is 4. The quantitative estimate of drug-likeness (QED) is 0.450. The molecule has 26 heavy (non-hydrogen) atoms. The molecule has 0 saturated heterocycles. The minimum absolute atomic E-state index is 0.149. The Hall–Kier alpha value is -2.02. The van der Waals surface area contributed by atoms with Crippen LogP contribution >= 0.6 is 35.0 Å². The topological polar surface area (TPSA) is 52.7 Å². The number of rotatable bonds is 6. The lowest BCUT2D eigenvalue weighted by atomic mass is 10.2. The van der Waals surface area contributed by atoms with E-state index in [0.717, 1.165) is 10.7 Å². The van der Waals surface area contributed by atoms with Gasteiger partial charge in [-0.25, -0.2) is 0 Å². The van der Waals surface area contributed by atoms with Crippen LogP contribution in [0.25, 0.3) is 11.4 Å². The van der Waals surface area contributed by atoms with Gasteiger partial charge in [0.15, 0.2) is 11.0 Å². The summed E-state index contributed by atoms with van der Waals surface area (Å²) in [6, 6.07) is 8.90. The van der Waals surface area contributed by atoms with Gasteiger partial charge in [-0.1, -0.05) is 47.1 Å². The molecule has 0 fully saturated rings. The highest BCUT2D eigenvalue weighted by Crippen LogP contribution is 2.23. The van der Waals surface area contributed by atoms with Crippen LogP contribution in [0.2, 0.25) is 10.0 Å². The maximum atomic E-state index is 13.0. The third-order valence-corrected chi connectivity index (χ3v) is 5.22. The van der Waals surface area contributed by atoms with Crippen LogP contribution in [0.3, 0.4) is 0 Å². The second-order valence-corrected chi connectivity index (χ2v) is 7.10. The fraction of sp³-hybridized carbons (Fsp3) is 0.167. The van der Waals surface area contributed by atoms with Gasteiger partial charge in [0, 0.05) is 12.7 Å². The Balaban J connectivity index is 2.03. The number of aromatic nitrogens is 4. The van der Waals surface area contributed by atoms with Crippen LogP contribution < -0.4 is 5.56 Å². The molecule has 0 N–H and O–H groups in total. The van der Waals surface area contributed by atoms with Crippen molar-refractivity contribution in [3.05, 3.63) is 75.1 Å². The molecule has 2 aromatic heterocycles. The van der Waals surface area contributed by atoms with E-state index in [1.807, 2.05) is 23.0 Å². The Bertz CT molecular complexity index is 1010. The van der Waals surface area contributed by atoms with Crippen molar-refractivity contribution in [2.24, 2.45) is 0 Å². The standard InChI is InChI=1S/C18H16Cl2N4OS/c1-3-8-24-16(21-22-18(24)26-2)13-5-4-9-23(17(13)25)11-12-6-7-14(19)15(20)10-12/h3-7,9-10H,1,8,11H2,2H3. The first-order chi connectivity index (χ1) is 12.5. The van der Waals surface area contributed by atoms with Crippen molar-refractivity contribution < 1.29 is 0 Å². The molecule has 134 valence electrons. The highest BCUT2D eigenvalue weighted by atomic mass is 35.5. The summed E-state index contributed by atoms with van der Waals surface area (Å²) in [4.78, 5) is 13.0. The summed E-state index contributed by atoms with van der Waals surface area (Å²) in [6.07, 6.45) is 5.41. The van der Waals surface area contributed by atoms with E-state index in [1.165, 1.54) is 11.8 Å². The molecular weight excluding hydrogens is 391 g/mol. The molecule has 0 spiro atoms. The zero-order chi connectivity index (χ0) is 18.7. The minimum Gasteiger partial charge on any atom is -0.310 e. The Morgan fingerprint density at radius 2 is 2.04 bits per heavy atom. The van der Waals surface area contributed by atoms with Crippen molar-refractivity contribution in [2.75, 3.05) is 6.26 Å². The smallest absolute Gasteiger partial charge is 0.261 e. The molecule has 0 unspecified atom stereocenters. The van der Waals surface area contributed by atoms with E-state index < -0.39 is 0 Å². The normalized spacial score (nSPS) is 10.9. The predicted octanol–water partition coefficient (Wildman–Crippen LogP) is 4.37. The fourth-order valence-corrected chi connectivity index (χ4v) is 3.42. The first-order valence-corrected chi connectivity index (χ1v) is 9.75. The summed E-state index contributed by atoms with van der Waals surface area (Å²) in [5.74, 6) is 0.530. The first kappa shape index (κ1) is 18.8. The zero-order valence-electron chi connectivity index (χ0n) is 14.0. The number of thioether (sulfide) groups is 1. The lowest BCUT2D eigenvalue weighted by Crippen LogP contribution is -2.22. The third-order valence-electron chi connectivity index (χ3n) is 3.81. The summed E-state index contributed by atoms with van der Waals surface area (Å²) in [6.45, 7) is 4.68. The SMILES string of the molecule is C=CCn1c(SC)nnc1-c1cccn(Cc2ccc(Cl)c(Cl)c2)c1=O. The van der Waals surface area contributed by atoms with Gasteiger partial charge in [0.25, 0.3) is 5.56 Å². The van der Waals surface area contributed by atoms with Crippen LogP contribution in [0.5, 0.6) is 0 Å². The number of pyridine rings is 1. The highest BCUT2D eigenvalue weighted by Gasteiger charge is 2.16. The van der Waals surface area contributed by atoms with Crippen molar-refractivity contribution in [1.82, 2.24) is 19.3 Å². The van der Waals surface area contributed by atoms with Gasteiger partial charge in [0.1, 0.15) is 0 Å². The van der Waals surface area contributed by atoms with Crippen LogP contribution in [-0.2, 0) is 13.1 Å². The Morgan fingerprint density at radius 3 is 2.73 bits per heavy atom. The van der Waals surface area contributed by atoms with Gasteiger partial charge >= 0.3 is 0 Å².